The van der Waals surface area contributed by atoms with Crippen LogP contribution in [-0.4, -0.2) is 25.8 Å². The second-order valence-electron chi connectivity index (χ2n) is 2.93. The second kappa shape index (κ2) is 3.94. The van der Waals surface area contributed by atoms with E-state index in [1.807, 2.05) is 0 Å². The van der Waals surface area contributed by atoms with E-state index in [1.165, 1.54) is 19.3 Å². The lowest BCUT2D eigenvalue weighted by atomic mass is 10.2. The fourth-order valence-electron chi connectivity index (χ4n) is 1.63. The first-order valence-electron chi connectivity index (χ1n) is 4.13. The molecule has 10 heavy (non-hydrogen) atoms. The first-order chi connectivity index (χ1) is 4.86. The average molecular weight is 143 g/mol. The van der Waals surface area contributed by atoms with E-state index in [1.54, 1.807) is 7.11 Å². The van der Waals surface area contributed by atoms with Crippen molar-refractivity contribution < 1.29 is 4.74 Å². The van der Waals surface area contributed by atoms with Crippen LogP contribution in [0.2, 0.25) is 0 Å². The predicted molar refractivity (Wildman–Crippen MR) is 42.1 cm³/mol. The van der Waals surface area contributed by atoms with Crippen LogP contribution in [0.5, 0.6) is 0 Å². The molecule has 1 saturated carbocycles. The highest BCUT2D eigenvalue weighted by atomic mass is 16.5. The number of nitrogens with one attached hydrogen (secondary N) is 1. The van der Waals surface area contributed by atoms with Crippen LogP contribution in [-0.2, 0) is 4.74 Å². The summed E-state index contributed by atoms with van der Waals surface area (Å²) in [7, 11) is 1.80. The average Bonchev–Trinajstić information content (AvgIpc) is 2.37. The Morgan fingerprint density at radius 1 is 1.50 bits per heavy atom. The lowest BCUT2D eigenvalue weighted by Crippen LogP contribution is -2.26. The fraction of sp³-hybridized carbons (Fsp3) is 1.00. The summed E-state index contributed by atoms with van der Waals surface area (Å²) in [6, 6.07) is 0.718. The first kappa shape index (κ1) is 8.02. The first-order valence-corrected chi connectivity index (χ1v) is 4.13. The Hall–Kier alpha value is -0.0800. The quantitative estimate of drug-likeness (QED) is 0.640. The minimum Gasteiger partial charge on any atom is -0.381 e. The van der Waals surface area contributed by atoms with Crippen molar-refractivity contribution in [2.24, 2.45) is 0 Å². The van der Waals surface area contributed by atoms with Gasteiger partial charge in [-0.3, -0.25) is 0 Å². The molecule has 1 N–H and O–H groups in total. The molecule has 1 fully saturated rings. The third kappa shape index (κ3) is 1.96. The summed E-state index contributed by atoms with van der Waals surface area (Å²) in [5.74, 6) is 0. The maximum atomic E-state index is 5.25. The van der Waals surface area contributed by atoms with E-state index < -0.39 is 0 Å². The van der Waals surface area contributed by atoms with Crippen molar-refractivity contribution in [2.75, 3.05) is 13.7 Å². The summed E-state index contributed by atoms with van der Waals surface area (Å²) in [5.41, 5.74) is 0. The second-order valence-corrected chi connectivity index (χ2v) is 2.93. The molecule has 0 amide bonds. The number of methoxy groups -OCH3 is 1. The highest BCUT2D eigenvalue weighted by molar-refractivity contribution is 4.80. The van der Waals surface area contributed by atoms with Crippen LogP contribution < -0.4 is 5.32 Å². The lowest BCUT2D eigenvalue weighted by Gasteiger charge is -2.09. The molecule has 0 saturated heterocycles. The van der Waals surface area contributed by atoms with Gasteiger partial charge in [0.2, 0.25) is 0 Å². The van der Waals surface area contributed by atoms with E-state index in [-0.39, 0.29) is 0 Å². The molecule has 0 bridgehead atoms. The molecule has 2 atom stereocenters. The van der Waals surface area contributed by atoms with Crippen LogP contribution in [0.25, 0.3) is 0 Å². The molecule has 0 radical (unpaired) electrons. The molecule has 0 heterocycles. The van der Waals surface area contributed by atoms with Gasteiger partial charge < -0.3 is 10.1 Å². The van der Waals surface area contributed by atoms with Gasteiger partial charge in [0.25, 0.3) is 0 Å². The highest BCUT2D eigenvalue weighted by Crippen LogP contribution is 2.20. The zero-order valence-corrected chi connectivity index (χ0v) is 6.89. The van der Waals surface area contributed by atoms with Crippen LogP contribution >= 0.6 is 0 Å². The Labute approximate surface area is 63.0 Å². The predicted octanol–water partition coefficient (Wildman–Crippen LogP) is 1.16. The third-order valence-corrected chi connectivity index (χ3v) is 2.21. The molecule has 60 valence electrons. The minimum absolute atomic E-state index is 0.518. The van der Waals surface area contributed by atoms with E-state index in [9.17, 15) is 0 Å². The summed E-state index contributed by atoms with van der Waals surface area (Å²) < 4.78 is 5.25. The Bertz CT molecular complexity index is 95.3. The molecule has 0 aromatic heterocycles. The highest BCUT2D eigenvalue weighted by Gasteiger charge is 2.22. The van der Waals surface area contributed by atoms with Crippen molar-refractivity contribution in [1.29, 1.82) is 0 Å². The fourth-order valence-corrected chi connectivity index (χ4v) is 1.63. The number of ether oxygens (including phenoxy) is 1. The van der Waals surface area contributed by atoms with Gasteiger partial charge in [0.05, 0.1) is 6.10 Å². The Morgan fingerprint density at radius 2 is 2.30 bits per heavy atom. The van der Waals surface area contributed by atoms with Gasteiger partial charge in [-0.1, -0.05) is 6.92 Å². The summed E-state index contributed by atoms with van der Waals surface area (Å²) in [4.78, 5) is 0. The summed E-state index contributed by atoms with van der Waals surface area (Å²) >= 11 is 0. The topological polar surface area (TPSA) is 21.3 Å². The van der Waals surface area contributed by atoms with Gasteiger partial charge in [0.1, 0.15) is 0 Å². The Morgan fingerprint density at radius 3 is 2.80 bits per heavy atom. The van der Waals surface area contributed by atoms with Crippen molar-refractivity contribution in [3.8, 4) is 0 Å². The zero-order chi connectivity index (χ0) is 7.40. The van der Waals surface area contributed by atoms with Crippen LogP contribution in [0, 0.1) is 0 Å². The maximum Gasteiger partial charge on any atom is 0.0586 e. The Balaban J connectivity index is 2.15. The van der Waals surface area contributed by atoms with Gasteiger partial charge in [-0.15, -0.1) is 0 Å². The van der Waals surface area contributed by atoms with Crippen molar-refractivity contribution in [1.82, 2.24) is 5.32 Å². The molecule has 2 unspecified atom stereocenters. The van der Waals surface area contributed by atoms with Gasteiger partial charge in [-0.2, -0.15) is 0 Å². The van der Waals surface area contributed by atoms with Gasteiger partial charge >= 0.3 is 0 Å². The maximum absolute atomic E-state index is 5.25. The summed E-state index contributed by atoms with van der Waals surface area (Å²) in [5, 5.41) is 3.43. The largest absolute Gasteiger partial charge is 0.381 e. The number of rotatable bonds is 3. The number of hydrogen-bond donors (Lipinski definition) is 1. The molecule has 2 nitrogen and oxygen atoms in total. The Kier molecular flexibility index (Phi) is 3.16. The van der Waals surface area contributed by atoms with E-state index >= 15 is 0 Å². The molecule has 1 rings (SSSR count). The molecule has 0 spiro atoms. The third-order valence-electron chi connectivity index (χ3n) is 2.21. The van der Waals surface area contributed by atoms with Crippen molar-refractivity contribution in [3.05, 3.63) is 0 Å². The molecule has 0 aliphatic heterocycles. The van der Waals surface area contributed by atoms with Gasteiger partial charge in [0, 0.05) is 13.2 Å². The van der Waals surface area contributed by atoms with E-state index in [0.29, 0.717) is 6.10 Å². The summed E-state index contributed by atoms with van der Waals surface area (Å²) in [6.45, 7) is 3.24. The van der Waals surface area contributed by atoms with Crippen LogP contribution in [0.4, 0.5) is 0 Å². The van der Waals surface area contributed by atoms with Crippen molar-refractivity contribution in [3.63, 3.8) is 0 Å². The normalized spacial score (nSPS) is 33.0. The van der Waals surface area contributed by atoms with Gasteiger partial charge in [0.15, 0.2) is 0 Å². The standard InChI is InChI=1S/C8H17NO/c1-3-9-7-4-5-8(6-7)10-2/h7-9H,3-6H2,1-2H3. The molecule has 1 aliphatic rings. The molecule has 1 aliphatic carbocycles. The SMILES string of the molecule is CCNC1CCC(OC)C1. The van der Waals surface area contributed by atoms with E-state index in [2.05, 4.69) is 12.2 Å². The van der Waals surface area contributed by atoms with Crippen molar-refractivity contribution in [2.45, 2.75) is 38.3 Å². The van der Waals surface area contributed by atoms with Gasteiger partial charge in [-0.05, 0) is 25.8 Å². The van der Waals surface area contributed by atoms with E-state index in [4.69, 9.17) is 4.74 Å². The van der Waals surface area contributed by atoms with Crippen LogP contribution in [0.15, 0.2) is 0 Å². The molecule has 0 aromatic carbocycles. The smallest absolute Gasteiger partial charge is 0.0586 e. The van der Waals surface area contributed by atoms with Crippen LogP contribution in [0.1, 0.15) is 26.2 Å². The van der Waals surface area contributed by atoms with E-state index in [0.717, 1.165) is 12.6 Å². The molecular formula is C8H17NO. The number of hydrogen-bond acceptors (Lipinski definition) is 2. The van der Waals surface area contributed by atoms with Gasteiger partial charge in [-0.25, -0.2) is 0 Å². The lowest BCUT2D eigenvalue weighted by molar-refractivity contribution is 0.107. The van der Waals surface area contributed by atoms with Crippen LogP contribution in [0.3, 0.4) is 0 Å². The molecular weight excluding hydrogens is 126 g/mol. The molecule has 0 aromatic rings. The van der Waals surface area contributed by atoms with Crippen molar-refractivity contribution >= 4 is 0 Å². The molecule has 2 heteroatoms. The monoisotopic (exact) mass is 143 g/mol. The summed E-state index contributed by atoms with van der Waals surface area (Å²) in [6.07, 6.45) is 4.23. The minimum atomic E-state index is 0.518. The zero-order valence-electron chi connectivity index (χ0n) is 6.89.